The molecule has 1 aromatic rings. The fourth-order valence-corrected chi connectivity index (χ4v) is 3.79. The summed E-state index contributed by atoms with van der Waals surface area (Å²) in [7, 11) is 0. The second-order valence-corrected chi connectivity index (χ2v) is 6.62. The van der Waals surface area contributed by atoms with Crippen LogP contribution in [0.15, 0.2) is 16.7 Å². The lowest BCUT2D eigenvalue weighted by molar-refractivity contribution is 0.474. The lowest BCUT2D eigenvalue weighted by Gasteiger charge is -2.31. The van der Waals surface area contributed by atoms with Crippen LogP contribution in [0.4, 0.5) is 5.82 Å². The highest BCUT2D eigenvalue weighted by Crippen LogP contribution is 2.30. The highest BCUT2D eigenvalue weighted by Gasteiger charge is 2.24. The van der Waals surface area contributed by atoms with Crippen molar-refractivity contribution in [2.75, 3.05) is 11.6 Å². The SMILES string of the molecule is CSC1CCCCC1Nc1ncc(Br)cc1C. The lowest BCUT2D eigenvalue weighted by atomic mass is 9.95. The number of aryl methyl sites for hydroxylation is 1. The number of nitrogens with zero attached hydrogens (tertiary/aromatic N) is 1. The van der Waals surface area contributed by atoms with E-state index in [0.717, 1.165) is 15.5 Å². The van der Waals surface area contributed by atoms with Crippen molar-refractivity contribution in [3.05, 3.63) is 22.3 Å². The summed E-state index contributed by atoms with van der Waals surface area (Å²) >= 11 is 5.44. The monoisotopic (exact) mass is 314 g/mol. The van der Waals surface area contributed by atoms with E-state index in [1.54, 1.807) is 0 Å². The van der Waals surface area contributed by atoms with Crippen LogP contribution in [-0.2, 0) is 0 Å². The largest absolute Gasteiger partial charge is 0.366 e. The molecular formula is C13H19BrN2S. The molecule has 1 aliphatic rings. The zero-order chi connectivity index (χ0) is 12.3. The van der Waals surface area contributed by atoms with Gasteiger partial charge in [0, 0.05) is 22.0 Å². The zero-order valence-corrected chi connectivity index (χ0v) is 12.8. The van der Waals surface area contributed by atoms with E-state index in [-0.39, 0.29) is 0 Å². The Morgan fingerprint density at radius 1 is 1.41 bits per heavy atom. The molecule has 0 radical (unpaired) electrons. The Hall–Kier alpha value is -0.220. The topological polar surface area (TPSA) is 24.9 Å². The molecule has 94 valence electrons. The molecule has 2 rings (SSSR count). The number of pyridine rings is 1. The number of halogens is 1. The zero-order valence-electron chi connectivity index (χ0n) is 10.4. The van der Waals surface area contributed by atoms with Crippen LogP contribution < -0.4 is 5.32 Å². The maximum atomic E-state index is 4.47. The summed E-state index contributed by atoms with van der Waals surface area (Å²) in [6.45, 7) is 2.11. The average Bonchev–Trinajstić information content (AvgIpc) is 2.33. The van der Waals surface area contributed by atoms with E-state index in [1.807, 2.05) is 18.0 Å². The van der Waals surface area contributed by atoms with Gasteiger partial charge in [-0.15, -0.1) is 0 Å². The van der Waals surface area contributed by atoms with E-state index in [4.69, 9.17) is 0 Å². The third-order valence-electron chi connectivity index (χ3n) is 3.37. The first kappa shape index (κ1) is 13.2. The van der Waals surface area contributed by atoms with E-state index in [0.29, 0.717) is 6.04 Å². The third-order valence-corrected chi connectivity index (χ3v) is 4.98. The molecule has 0 aliphatic heterocycles. The van der Waals surface area contributed by atoms with Crippen LogP contribution in [0.3, 0.4) is 0 Å². The average molecular weight is 315 g/mol. The normalized spacial score (nSPS) is 24.6. The first-order valence-corrected chi connectivity index (χ1v) is 8.20. The van der Waals surface area contributed by atoms with Crippen molar-refractivity contribution in [3.63, 3.8) is 0 Å². The molecule has 0 aromatic carbocycles. The molecule has 2 atom stereocenters. The third kappa shape index (κ3) is 3.38. The van der Waals surface area contributed by atoms with Gasteiger partial charge in [0.05, 0.1) is 0 Å². The first-order chi connectivity index (χ1) is 8.20. The summed E-state index contributed by atoms with van der Waals surface area (Å²) in [5.41, 5.74) is 1.21. The van der Waals surface area contributed by atoms with Crippen molar-refractivity contribution < 1.29 is 0 Å². The van der Waals surface area contributed by atoms with Gasteiger partial charge in [-0.3, -0.25) is 0 Å². The molecule has 17 heavy (non-hydrogen) atoms. The summed E-state index contributed by atoms with van der Waals surface area (Å²) in [4.78, 5) is 4.47. The lowest BCUT2D eigenvalue weighted by Crippen LogP contribution is -2.34. The molecule has 2 unspecified atom stereocenters. The van der Waals surface area contributed by atoms with Crippen molar-refractivity contribution in [1.29, 1.82) is 0 Å². The van der Waals surface area contributed by atoms with Crippen molar-refractivity contribution in [3.8, 4) is 0 Å². The molecule has 1 heterocycles. The number of nitrogens with one attached hydrogen (secondary N) is 1. The minimum Gasteiger partial charge on any atom is -0.366 e. The predicted octanol–water partition coefficient (Wildman–Crippen LogP) is 4.24. The summed E-state index contributed by atoms with van der Waals surface area (Å²) in [5, 5.41) is 4.35. The Bertz CT molecular complexity index is 384. The minimum atomic E-state index is 0.575. The molecule has 1 saturated carbocycles. The first-order valence-electron chi connectivity index (χ1n) is 6.12. The Labute approximate surface area is 116 Å². The smallest absolute Gasteiger partial charge is 0.129 e. The Balaban J connectivity index is 2.08. The molecule has 0 spiro atoms. The van der Waals surface area contributed by atoms with Gasteiger partial charge in [-0.05, 0) is 53.6 Å². The van der Waals surface area contributed by atoms with Gasteiger partial charge in [0.25, 0.3) is 0 Å². The predicted molar refractivity (Wildman–Crippen MR) is 79.9 cm³/mol. The quantitative estimate of drug-likeness (QED) is 0.903. The van der Waals surface area contributed by atoms with Crippen molar-refractivity contribution in [2.45, 2.75) is 43.9 Å². The van der Waals surface area contributed by atoms with E-state index >= 15 is 0 Å². The summed E-state index contributed by atoms with van der Waals surface area (Å²) in [5.74, 6) is 1.04. The number of thioether (sulfide) groups is 1. The van der Waals surface area contributed by atoms with Crippen LogP contribution in [0.25, 0.3) is 0 Å². The van der Waals surface area contributed by atoms with Gasteiger partial charge in [0.2, 0.25) is 0 Å². The van der Waals surface area contributed by atoms with Crippen molar-refractivity contribution in [2.24, 2.45) is 0 Å². The van der Waals surface area contributed by atoms with Crippen LogP contribution in [-0.4, -0.2) is 22.5 Å². The summed E-state index contributed by atoms with van der Waals surface area (Å²) in [6, 6.07) is 2.69. The number of rotatable bonds is 3. The molecular weight excluding hydrogens is 296 g/mol. The van der Waals surface area contributed by atoms with Gasteiger partial charge >= 0.3 is 0 Å². The molecule has 1 aromatic heterocycles. The van der Waals surface area contributed by atoms with Gasteiger partial charge in [-0.25, -0.2) is 4.98 Å². The van der Waals surface area contributed by atoms with Gasteiger partial charge in [0.1, 0.15) is 5.82 Å². The molecule has 1 N–H and O–H groups in total. The molecule has 4 heteroatoms. The standard InChI is InChI=1S/C13H19BrN2S/c1-9-7-10(14)8-15-13(9)16-11-5-3-4-6-12(11)17-2/h7-8,11-12H,3-6H2,1-2H3,(H,15,16). The maximum absolute atomic E-state index is 4.47. The maximum Gasteiger partial charge on any atom is 0.129 e. The summed E-state index contributed by atoms with van der Waals surface area (Å²) < 4.78 is 1.05. The van der Waals surface area contributed by atoms with Gasteiger partial charge in [-0.2, -0.15) is 11.8 Å². The highest BCUT2D eigenvalue weighted by molar-refractivity contribution is 9.10. The van der Waals surface area contributed by atoms with Crippen LogP contribution in [0.2, 0.25) is 0 Å². The van der Waals surface area contributed by atoms with Crippen LogP contribution >= 0.6 is 27.7 Å². The Morgan fingerprint density at radius 3 is 2.88 bits per heavy atom. The molecule has 1 aliphatic carbocycles. The van der Waals surface area contributed by atoms with Crippen LogP contribution in [0, 0.1) is 6.92 Å². The van der Waals surface area contributed by atoms with Gasteiger partial charge in [0.15, 0.2) is 0 Å². The van der Waals surface area contributed by atoms with E-state index < -0.39 is 0 Å². The number of hydrogen-bond acceptors (Lipinski definition) is 3. The van der Waals surface area contributed by atoms with Crippen molar-refractivity contribution >= 4 is 33.5 Å². The fourth-order valence-electron chi connectivity index (χ4n) is 2.41. The highest BCUT2D eigenvalue weighted by atomic mass is 79.9. The molecule has 0 saturated heterocycles. The van der Waals surface area contributed by atoms with Crippen molar-refractivity contribution in [1.82, 2.24) is 4.98 Å². The Morgan fingerprint density at radius 2 is 2.18 bits per heavy atom. The number of anilines is 1. The minimum absolute atomic E-state index is 0.575. The molecule has 0 amide bonds. The molecule has 0 bridgehead atoms. The number of hydrogen-bond donors (Lipinski definition) is 1. The van der Waals surface area contributed by atoms with E-state index in [2.05, 4.69) is 45.5 Å². The van der Waals surface area contributed by atoms with Gasteiger partial charge in [-0.1, -0.05) is 12.8 Å². The van der Waals surface area contributed by atoms with E-state index in [1.165, 1.54) is 31.2 Å². The van der Waals surface area contributed by atoms with Crippen LogP contribution in [0.5, 0.6) is 0 Å². The Kier molecular flexibility index (Phi) is 4.74. The molecule has 1 fully saturated rings. The van der Waals surface area contributed by atoms with Crippen LogP contribution in [0.1, 0.15) is 31.2 Å². The second kappa shape index (κ2) is 6.10. The molecule has 2 nitrogen and oxygen atoms in total. The fraction of sp³-hybridized carbons (Fsp3) is 0.615. The second-order valence-electron chi connectivity index (χ2n) is 4.63. The van der Waals surface area contributed by atoms with E-state index in [9.17, 15) is 0 Å². The number of aromatic nitrogens is 1. The summed E-state index contributed by atoms with van der Waals surface area (Å²) in [6.07, 6.45) is 9.39. The van der Waals surface area contributed by atoms with Gasteiger partial charge < -0.3 is 5.32 Å².